The van der Waals surface area contributed by atoms with Crippen molar-refractivity contribution in [3.8, 4) is 11.8 Å². The Balaban J connectivity index is 1.90. The fourth-order valence-corrected chi connectivity index (χ4v) is 2.74. The van der Waals surface area contributed by atoms with Gasteiger partial charge >= 0.3 is 0 Å². The maximum Gasteiger partial charge on any atom is 0.115 e. The topological polar surface area (TPSA) is 56.0 Å². The molecule has 0 saturated heterocycles. The highest BCUT2D eigenvalue weighted by Crippen LogP contribution is 2.23. The van der Waals surface area contributed by atoms with E-state index >= 15 is 0 Å². The average Bonchev–Trinajstić information content (AvgIpc) is 2.91. The molecule has 0 spiro atoms. The smallest absolute Gasteiger partial charge is 0.115 e. The molecule has 1 saturated carbocycles. The van der Waals surface area contributed by atoms with Gasteiger partial charge in [0.15, 0.2) is 0 Å². The second kappa shape index (κ2) is 6.08. The Morgan fingerprint density at radius 3 is 2.53 bits per heavy atom. The van der Waals surface area contributed by atoms with E-state index in [0.29, 0.717) is 6.04 Å². The van der Waals surface area contributed by atoms with Crippen LogP contribution in [0.25, 0.3) is 0 Å². The van der Waals surface area contributed by atoms with Crippen LogP contribution in [0.15, 0.2) is 24.3 Å². The fourth-order valence-electron chi connectivity index (χ4n) is 2.74. The van der Waals surface area contributed by atoms with Gasteiger partial charge in [-0.25, -0.2) is 0 Å². The van der Waals surface area contributed by atoms with E-state index < -0.39 is 5.54 Å². The van der Waals surface area contributed by atoms with E-state index in [1.807, 2.05) is 19.1 Å². The van der Waals surface area contributed by atoms with E-state index in [9.17, 15) is 10.4 Å². The van der Waals surface area contributed by atoms with Crippen molar-refractivity contribution in [2.24, 2.45) is 0 Å². The van der Waals surface area contributed by atoms with Gasteiger partial charge in [0, 0.05) is 6.04 Å². The van der Waals surface area contributed by atoms with Gasteiger partial charge in [-0.05, 0) is 50.3 Å². The molecule has 1 unspecified atom stereocenters. The van der Waals surface area contributed by atoms with Crippen LogP contribution in [0.4, 0.5) is 0 Å². The predicted molar refractivity (Wildman–Crippen MR) is 75.8 cm³/mol. The van der Waals surface area contributed by atoms with Gasteiger partial charge in [0.2, 0.25) is 0 Å². The largest absolute Gasteiger partial charge is 0.508 e. The Bertz CT molecular complexity index is 443. The molecule has 1 aliphatic rings. The van der Waals surface area contributed by atoms with Gasteiger partial charge in [-0.1, -0.05) is 25.0 Å². The molecule has 0 bridgehead atoms. The van der Waals surface area contributed by atoms with E-state index in [0.717, 1.165) is 18.4 Å². The van der Waals surface area contributed by atoms with Crippen LogP contribution in [0.1, 0.15) is 44.6 Å². The lowest BCUT2D eigenvalue weighted by atomic mass is 9.93. The summed E-state index contributed by atoms with van der Waals surface area (Å²) < 4.78 is 0. The van der Waals surface area contributed by atoms with Crippen LogP contribution in [0, 0.1) is 11.3 Å². The van der Waals surface area contributed by atoms with Crippen molar-refractivity contribution in [3.05, 3.63) is 29.8 Å². The summed E-state index contributed by atoms with van der Waals surface area (Å²) in [7, 11) is 0. The van der Waals surface area contributed by atoms with E-state index in [1.165, 1.54) is 25.7 Å². The Labute approximate surface area is 115 Å². The lowest BCUT2D eigenvalue weighted by Crippen LogP contribution is -2.46. The van der Waals surface area contributed by atoms with Crippen LogP contribution in [-0.4, -0.2) is 16.7 Å². The lowest BCUT2D eigenvalue weighted by molar-refractivity contribution is 0.359. The molecule has 0 radical (unpaired) electrons. The first kappa shape index (κ1) is 13.9. The van der Waals surface area contributed by atoms with Crippen molar-refractivity contribution in [1.29, 1.82) is 5.26 Å². The van der Waals surface area contributed by atoms with Crippen molar-refractivity contribution < 1.29 is 5.11 Å². The van der Waals surface area contributed by atoms with Crippen molar-refractivity contribution in [2.45, 2.75) is 57.0 Å². The number of aryl methyl sites for hydroxylation is 1. The third-order valence-electron chi connectivity index (χ3n) is 3.97. The number of hydrogen-bond donors (Lipinski definition) is 2. The van der Waals surface area contributed by atoms with E-state index in [1.54, 1.807) is 12.1 Å². The summed E-state index contributed by atoms with van der Waals surface area (Å²) in [6, 6.07) is 10.2. The molecule has 1 fully saturated rings. The first-order valence-corrected chi connectivity index (χ1v) is 7.08. The highest BCUT2D eigenvalue weighted by Gasteiger charge is 2.28. The van der Waals surface area contributed by atoms with Crippen LogP contribution < -0.4 is 5.32 Å². The second-order valence-corrected chi connectivity index (χ2v) is 5.74. The fraction of sp³-hybridized carbons (Fsp3) is 0.562. The highest BCUT2D eigenvalue weighted by atomic mass is 16.3. The van der Waals surface area contributed by atoms with Gasteiger partial charge in [0.05, 0.1) is 6.07 Å². The molecule has 1 atom stereocenters. The minimum Gasteiger partial charge on any atom is -0.508 e. The van der Waals surface area contributed by atoms with Gasteiger partial charge in [-0.3, -0.25) is 5.32 Å². The zero-order valence-corrected chi connectivity index (χ0v) is 11.5. The number of phenolic OH excluding ortho intramolecular Hbond substituents is 1. The molecular formula is C16H22N2O. The molecule has 102 valence electrons. The van der Waals surface area contributed by atoms with Crippen LogP contribution >= 0.6 is 0 Å². The number of nitrogens with one attached hydrogen (secondary N) is 1. The van der Waals surface area contributed by atoms with Crippen molar-refractivity contribution in [3.63, 3.8) is 0 Å². The predicted octanol–water partition coefficient (Wildman–Crippen LogP) is 3.14. The number of rotatable bonds is 5. The summed E-state index contributed by atoms with van der Waals surface area (Å²) >= 11 is 0. The summed E-state index contributed by atoms with van der Waals surface area (Å²) in [5.41, 5.74) is 0.708. The number of nitrogens with zero attached hydrogens (tertiary/aromatic N) is 1. The maximum atomic E-state index is 9.42. The Kier molecular flexibility index (Phi) is 4.44. The molecule has 0 aromatic heterocycles. The first-order valence-electron chi connectivity index (χ1n) is 7.08. The van der Waals surface area contributed by atoms with Crippen molar-refractivity contribution in [2.75, 3.05) is 0 Å². The summed E-state index contributed by atoms with van der Waals surface area (Å²) in [5, 5.41) is 22.2. The average molecular weight is 258 g/mol. The van der Waals surface area contributed by atoms with Crippen molar-refractivity contribution >= 4 is 0 Å². The van der Waals surface area contributed by atoms with Gasteiger partial charge in [0.1, 0.15) is 11.3 Å². The summed E-state index contributed by atoms with van der Waals surface area (Å²) in [4.78, 5) is 0. The third-order valence-corrected chi connectivity index (χ3v) is 3.97. The highest BCUT2D eigenvalue weighted by molar-refractivity contribution is 5.26. The third kappa shape index (κ3) is 3.97. The number of phenols is 1. The number of hydrogen-bond acceptors (Lipinski definition) is 3. The van der Waals surface area contributed by atoms with Gasteiger partial charge in [0.25, 0.3) is 0 Å². The number of benzene rings is 1. The van der Waals surface area contributed by atoms with E-state index in [-0.39, 0.29) is 5.75 Å². The van der Waals surface area contributed by atoms with Crippen LogP contribution in [-0.2, 0) is 6.42 Å². The molecule has 2 rings (SSSR count). The molecule has 1 aromatic carbocycles. The van der Waals surface area contributed by atoms with Gasteiger partial charge in [-0.15, -0.1) is 0 Å². The van der Waals surface area contributed by atoms with E-state index in [2.05, 4.69) is 11.4 Å². The molecule has 0 heterocycles. The van der Waals surface area contributed by atoms with E-state index in [4.69, 9.17) is 0 Å². The first-order chi connectivity index (χ1) is 9.11. The van der Waals surface area contributed by atoms with Crippen LogP contribution in [0.5, 0.6) is 5.75 Å². The van der Waals surface area contributed by atoms with Gasteiger partial charge in [-0.2, -0.15) is 5.26 Å². The van der Waals surface area contributed by atoms with Crippen molar-refractivity contribution in [1.82, 2.24) is 5.32 Å². The maximum absolute atomic E-state index is 9.42. The number of nitriles is 1. The molecule has 3 nitrogen and oxygen atoms in total. The van der Waals surface area contributed by atoms with Crippen LogP contribution in [0.2, 0.25) is 0 Å². The summed E-state index contributed by atoms with van der Waals surface area (Å²) in [6.45, 7) is 1.99. The minimum absolute atomic E-state index is 0.288. The molecule has 2 N–H and O–H groups in total. The zero-order valence-electron chi connectivity index (χ0n) is 11.5. The SMILES string of the molecule is CC(C#N)(CCc1ccc(O)cc1)NC1CCCC1. The molecule has 0 amide bonds. The summed E-state index contributed by atoms with van der Waals surface area (Å²) in [6.07, 6.45) is 6.58. The minimum atomic E-state index is -0.451. The van der Waals surface area contributed by atoms with Gasteiger partial charge < -0.3 is 5.11 Å². The molecule has 0 aliphatic heterocycles. The monoisotopic (exact) mass is 258 g/mol. The van der Waals surface area contributed by atoms with Crippen LogP contribution in [0.3, 0.4) is 0 Å². The summed E-state index contributed by atoms with van der Waals surface area (Å²) in [5.74, 6) is 0.288. The molecule has 3 heteroatoms. The molecule has 1 aromatic rings. The quantitative estimate of drug-likeness (QED) is 0.853. The Morgan fingerprint density at radius 2 is 1.95 bits per heavy atom. The number of aromatic hydroxyl groups is 1. The molecule has 1 aliphatic carbocycles. The molecular weight excluding hydrogens is 236 g/mol. The standard InChI is InChI=1S/C16H22N2O/c1-16(12-17,18-14-4-2-3-5-14)11-10-13-6-8-15(19)9-7-13/h6-9,14,18-19H,2-5,10-11H2,1H3. The zero-order chi connectivity index (χ0) is 13.7. The Morgan fingerprint density at radius 1 is 1.32 bits per heavy atom. The molecule has 19 heavy (non-hydrogen) atoms. The second-order valence-electron chi connectivity index (χ2n) is 5.74. The lowest BCUT2D eigenvalue weighted by Gasteiger charge is -2.27. The Hall–Kier alpha value is -1.53. The normalized spacial score (nSPS) is 18.9.